The van der Waals surface area contributed by atoms with E-state index in [9.17, 15) is 4.79 Å². The molecule has 6 heteroatoms. The number of anilines is 1. The number of carbonyl (C=O) groups excluding carboxylic acids is 1. The molecule has 1 N–H and O–H groups in total. The number of rotatable bonds is 6. The highest BCUT2D eigenvalue weighted by molar-refractivity contribution is 7.98. The number of thioether (sulfide) groups is 1. The minimum Gasteiger partial charge on any atom is -0.496 e. The second-order valence-corrected chi connectivity index (χ2v) is 7.94. The zero-order valence-corrected chi connectivity index (χ0v) is 18.7. The molecule has 5 nitrogen and oxygen atoms in total. The van der Waals surface area contributed by atoms with Gasteiger partial charge in [0, 0.05) is 27.9 Å². The first-order valence-electron chi connectivity index (χ1n) is 9.60. The lowest BCUT2D eigenvalue weighted by molar-refractivity contribution is 0.153. The Morgan fingerprint density at radius 1 is 1.07 bits per heavy atom. The van der Waals surface area contributed by atoms with E-state index in [1.165, 1.54) is 4.90 Å². The molecule has 0 saturated carbocycles. The van der Waals surface area contributed by atoms with Crippen molar-refractivity contribution in [2.24, 2.45) is 0 Å². The van der Waals surface area contributed by atoms with Crippen molar-refractivity contribution in [2.75, 3.05) is 18.7 Å². The molecule has 0 spiro atoms. The predicted molar refractivity (Wildman–Crippen MR) is 122 cm³/mol. The molecule has 30 heavy (non-hydrogen) atoms. The quantitative estimate of drug-likeness (QED) is 0.483. The molecule has 0 aliphatic heterocycles. The minimum absolute atomic E-state index is 0.0725. The van der Waals surface area contributed by atoms with Gasteiger partial charge in [0.15, 0.2) is 0 Å². The molecule has 2 aromatic carbocycles. The SMILES string of the molecule is COc1c(C)cnc(COC(=O)Nc2cc(C)cc(-c3ccc(SC)cc3)c2)c1C. The summed E-state index contributed by atoms with van der Waals surface area (Å²) < 4.78 is 10.8. The Hall–Kier alpha value is -2.99. The Labute approximate surface area is 181 Å². The first-order chi connectivity index (χ1) is 14.4. The Morgan fingerprint density at radius 3 is 2.47 bits per heavy atom. The summed E-state index contributed by atoms with van der Waals surface area (Å²) in [5.74, 6) is 0.764. The van der Waals surface area contributed by atoms with Crippen molar-refractivity contribution < 1.29 is 14.3 Å². The molecule has 1 aromatic heterocycles. The van der Waals surface area contributed by atoms with Gasteiger partial charge in [-0.05, 0) is 68.0 Å². The van der Waals surface area contributed by atoms with Crippen molar-refractivity contribution in [3.8, 4) is 16.9 Å². The van der Waals surface area contributed by atoms with Crippen LogP contribution in [0.3, 0.4) is 0 Å². The lowest BCUT2D eigenvalue weighted by Crippen LogP contribution is -2.15. The number of aromatic nitrogens is 1. The highest BCUT2D eigenvalue weighted by Crippen LogP contribution is 2.27. The third-order valence-electron chi connectivity index (χ3n) is 4.84. The average molecular weight is 423 g/mol. The number of aryl methyl sites for hydroxylation is 2. The molecule has 0 aliphatic carbocycles. The third kappa shape index (κ3) is 5.13. The van der Waals surface area contributed by atoms with Crippen LogP contribution < -0.4 is 10.1 Å². The molecule has 0 atom stereocenters. The van der Waals surface area contributed by atoms with Gasteiger partial charge in [0.25, 0.3) is 0 Å². The molecular formula is C24H26N2O3S. The van der Waals surface area contributed by atoms with E-state index in [2.05, 4.69) is 46.9 Å². The molecule has 0 fully saturated rings. The van der Waals surface area contributed by atoms with E-state index >= 15 is 0 Å². The van der Waals surface area contributed by atoms with Gasteiger partial charge in [0.05, 0.1) is 12.8 Å². The van der Waals surface area contributed by atoms with Gasteiger partial charge in [-0.25, -0.2) is 4.79 Å². The van der Waals surface area contributed by atoms with Crippen molar-refractivity contribution in [1.29, 1.82) is 0 Å². The smallest absolute Gasteiger partial charge is 0.412 e. The maximum atomic E-state index is 12.4. The topological polar surface area (TPSA) is 60.5 Å². The summed E-state index contributed by atoms with van der Waals surface area (Å²) in [4.78, 5) is 17.9. The van der Waals surface area contributed by atoms with Crippen molar-refractivity contribution in [3.63, 3.8) is 0 Å². The van der Waals surface area contributed by atoms with Crippen molar-refractivity contribution in [3.05, 3.63) is 71.0 Å². The van der Waals surface area contributed by atoms with Gasteiger partial charge in [0.2, 0.25) is 0 Å². The largest absolute Gasteiger partial charge is 0.496 e. The van der Waals surface area contributed by atoms with Crippen LogP contribution in [0.4, 0.5) is 10.5 Å². The van der Waals surface area contributed by atoms with Crippen molar-refractivity contribution >= 4 is 23.5 Å². The van der Waals surface area contributed by atoms with Gasteiger partial charge in [-0.15, -0.1) is 11.8 Å². The molecule has 0 radical (unpaired) electrons. The second-order valence-electron chi connectivity index (χ2n) is 7.06. The third-order valence-corrected chi connectivity index (χ3v) is 5.58. The number of amides is 1. The summed E-state index contributed by atoms with van der Waals surface area (Å²) in [5, 5.41) is 2.82. The van der Waals surface area contributed by atoms with Crippen LogP contribution in [0.25, 0.3) is 11.1 Å². The lowest BCUT2D eigenvalue weighted by atomic mass is 10.0. The molecule has 1 heterocycles. The summed E-state index contributed by atoms with van der Waals surface area (Å²) in [6.45, 7) is 5.91. The fourth-order valence-corrected chi connectivity index (χ4v) is 3.72. The number of nitrogens with zero attached hydrogens (tertiary/aromatic N) is 1. The van der Waals surface area contributed by atoms with E-state index in [1.807, 2.05) is 32.9 Å². The first-order valence-corrected chi connectivity index (χ1v) is 10.8. The maximum Gasteiger partial charge on any atom is 0.412 e. The van der Waals surface area contributed by atoms with Crippen LogP contribution in [0.15, 0.2) is 53.6 Å². The van der Waals surface area contributed by atoms with Crippen LogP contribution in [0.2, 0.25) is 0 Å². The molecule has 1 amide bonds. The molecule has 3 aromatic rings. The molecular weight excluding hydrogens is 396 g/mol. The monoisotopic (exact) mass is 422 g/mol. The number of ether oxygens (including phenoxy) is 2. The number of benzene rings is 2. The number of pyridine rings is 1. The van der Waals surface area contributed by atoms with Crippen molar-refractivity contribution in [2.45, 2.75) is 32.3 Å². The summed E-state index contributed by atoms with van der Waals surface area (Å²) in [7, 11) is 1.62. The van der Waals surface area contributed by atoms with Crippen LogP contribution in [0.1, 0.15) is 22.4 Å². The number of methoxy groups -OCH3 is 1. The van der Waals surface area contributed by atoms with E-state index in [4.69, 9.17) is 9.47 Å². The molecule has 0 saturated heterocycles. The molecule has 3 rings (SSSR count). The molecule has 156 valence electrons. The van der Waals surface area contributed by atoms with Gasteiger partial charge in [-0.3, -0.25) is 10.3 Å². The summed E-state index contributed by atoms with van der Waals surface area (Å²) in [6.07, 6.45) is 3.25. The van der Waals surface area contributed by atoms with E-state index in [0.717, 1.165) is 33.6 Å². The molecule has 0 aliphatic rings. The molecule has 0 unspecified atom stereocenters. The Balaban J connectivity index is 1.70. The van der Waals surface area contributed by atoms with E-state index in [-0.39, 0.29) is 6.61 Å². The van der Waals surface area contributed by atoms with E-state index < -0.39 is 6.09 Å². The zero-order valence-electron chi connectivity index (χ0n) is 17.9. The fourth-order valence-electron chi connectivity index (χ4n) is 3.31. The lowest BCUT2D eigenvalue weighted by Gasteiger charge is -2.13. The van der Waals surface area contributed by atoms with Crippen LogP contribution in [0, 0.1) is 20.8 Å². The van der Waals surface area contributed by atoms with Gasteiger partial charge in [-0.1, -0.05) is 18.2 Å². The number of carbonyl (C=O) groups is 1. The highest BCUT2D eigenvalue weighted by atomic mass is 32.2. The molecule has 0 bridgehead atoms. The van der Waals surface area contributed by atoms with Gasteiger partial charge < -0.3 is 9.47 Å². The van der Waals surface area contributed by atoms with Crippen LogP contribution in [-0.4, -0.2) is 24.4 Å². The zero-order chi connectivity index (χ0) is 21.7. The summed E-state index contributed by atoms with van der Waals surface area (Å²) in [5.41, 5.74) is 6.37. The number of hydrogen-bond donors (Lipinski definition) is 1. The van der Waals surface area contributed by atoms with E-state index in [1.54, 1.807) is 25.1 Å². The summed E-state index contributed by atoms with van der Waals surface area (Å²) in [6, 6.07) is 14.3. The van der Waals surface area contributed by atoms with Gasteiger partial charge in [0.1, 0.15) is 12.4 Å². The van der Waals surface area contributed by atoms with Crippen LogP contribution in [0.5, 0.6) is 5.75 Å². The Morgan fingerprint density at radius 2 is 1.80 bits per heavy atom. The standard InChI is InChI=1S/C24H26N2O3S/c1-15-10-19(18-6-8-21(30-5)9-7-18)12-20(11-15)26-24(27)29-14-22-17(3)23(28-4)16(2)13-25-22/h6-13H,14H2,1-5H3,(H,26,27). The van der Waals surface area contributed by atoms with Gasteiger partial charge in [-0.2, -0.15) is 0 Å². The average Bonchev–Trinajstić information content (AvgIpc) is 2.73. The van der Waals surface area contributed by atoms with E-state index in [0.29, 0.717) is 11.4 Å². The fraction of sp³-hybridized carbons (Fsp3) is 0.250. The minimum atomic E-state index is -0.523. The first kappa shape index (κ1) is 21.7. The van der Waals surface area contributed by atoms with Crippen LogP contribution in [-0.2, 0) is 11.3 Å². The normalized spacial score (nSPS) is 10.6. The maximum absolute atomic E-state index is 12.4. The highest BCUT2D eigenvalue weighted by Gasteiger charge is 2.12. The van der Waals surface area contributed by atoms with Crippen LogP contribution >= 0.6 is 11.8 Å². The van der Waals surface area contributed by atoms with Crippen molar-refractivity contribution in [1.82, 2.24) is 4.98 Å². The van der Waals surface area contributed by atoms with Gasteiger partial charge >= 0.3 is 6.09 Å². The Bertz CT molecular complexity index is 1050. The summed E-state index contributed by atoms with van der Waals surface area (Å²) >= 11 is 1.71. The predicted octanol–water partition coefficient (Wildman–Crippen LogP) is 6.15. The number of hydrogen-bond acceptors (Lipinski definition) is 5. The Kier molecular flexibility index (Phi) is 7.00. The number of nitrogens with one attached hydrogen (secondary N) is 1. The second kappa shape index (κ2) is 9.67.